The van der Waals surface area contributed by atoms with E-state index in [1.54, 1.807) is 0 Å². The van der Waals surface area contributed by atoms with Gasteiger partial charge in [-0.3, -0.25) is 0 Å². The third kappa shape index (κ3) is 3.86. The van der Waals surface area contributed by atoms with Gasteiger partial charge in [-0.1, -0.05) is 64.6 Å². The Morgan fingerprint density at radius 2 is 2.09 bits per heavy atom. The zero-order valence-corrected chi connectivity index (χ0v) is 18.6. The van der Waals surface area contributed by atoms with Gasteiger partial charge in [-0.2, -0.15) is 0 Å². The molecule has 0 N–H and O–H groups in total. The zero-order chi connectivity index (χ0) is 16.4. The second-order valence-corrected chi connectivity index (χ2v) is 10.9. The second-order valence-electron chi connectivity index (χ2n) is 6.64. The molecule has 2 unspecified atom stereocenters. The number of fused-ring (bicyclic) bond motifs is 2. The van der Waals surface area contributed by atoms with Crippen molar-refractivity contribution in [1.82, 2.24) is 0 Å². The summed E-state index contributed by atoms with van der Waals surface area (Å²) in [6, 6.07) is 2.24. The van der Waals surface area contributed by atoms with Crippen molar-refractivity contribution < 1.29 is 0 Å². The fourth-order valence-electron chi connectivity index (χ4n) is 3.73. The van der Waals surface area contributed by atoms with E-state index in [0.29, 0.717) is 15.5 Å². The standard InChI is InChI=1S/C19H24Br2S2/c1-3-19(4-2,6-7-20)12-15(21)11-16-10-14-9-13-5-8-22-17(13)18(14)23-16/h5,8-10,15-16H,3-4,6-7,11-12H2,1-2H3. The van der Waals surface area contributed by atoms with Crippen LogP contribution in [0, 0.1) is 5.41 Å². The Kier molecular flexibility index (Phi) is 6.20. The molecule has 0 fully saturated rings. The normalized spacial score (nSPS) is 21.0. The van der Waals surface area contributed by atoms with Crippen LogP contribution < -0.4 is 9.75 Å². The van der Waals surface area contributed by atoms with Crippen molar-refractivity contribution in [3.8, 4) is 0 Å². The van der Waals surface area contributed by atoms with Gasteiger partial charge in [0.25, 0.3) is 0 Å². The lowest BCUT2D eigenvalue weighted by atomic mass is 9.75. The summed E-state index contributed by atoms with van der Waals surface area (Å²) in [5.41, 5.74) is 1.96. The highest BCUT2D eigenvalue weighted by atomic mass is 79.9. The minimum atomic E-state index is 0.490. The predicted octanol–water partition coefficient (Wildman–Crippen LogP) is 5.83. The van der Waals surface area contributed by atoms with E-state index in [4.69, 9.17) is 0 Å². The van der Waals surface area contributed by atoms with E-state index in [-0.39, 0.29) is 0 Å². The maximum absolute atomic E-state index is 4.00. The lowest BCUT2D eigenvalue weighted by Crippen LogP contribution is -2.25. The molecule has 0 nitrogen and oxygen atoms in total. The number of hydrogen-bond acceptors (Lipinski definition) is 2. The number of alkyl halides is 2. The molecule has 2 heterocycles. The molecule has 3 rings (SSSR count). The van der Waals surface area contributed by atoms with Crippen LogP contribution in [0.15, 0.2) is 23.1 Å². The molecule has 1 aliphatic carbocycles. The number of halogens is 2. The highest BCUT2D eigenvalue weighted by molar-refractivity contribution is 9.09. The summed E-state index contributed by atoms with van der Waals surface area (Å²) >= 11 is 11.6. The number of rotatable bonds is 8. The number of hydrogen-bond donors (Lipinski definition) is 0. The molecule has 1 aliphatic heterocycles. The Morgan fingerprint density at radius 3 is 2.78 bits per heavy atom. The van der Waals surface area contributed by atoms with Gasteiger partial charge in [0.1, 0.15) is 0 Å². The van der Waals surface area contributed by atoms with Crippen molar-refractivity contribution in [2.45, 2.75) is 56.0 Å². The molecule has 2 aliphatic rings. The van der Waals surface area contributed by atoms with Gasteiger partial charge in [0, 0.05) is 24.8 Å². The largest absolute Gasteiger partial charge is 0.143 e. The van der Waals surface area contributed by atoms with Crippen molar-refractivity contribution in [1.29, 1.82) is 0 Å². The van der Waals surface area contributed by atoms with Crippen molar-refractivity contribution in [3.05, 3.63) is 32.8 Å². The van der Waals surface area contributed by atoms with Crippen molar-refractivity contribution >= 4 is 65.9 Å². The molecular weight excluding hydrogens is 452 g/mol. The Hall–Kier alpha value is 0.490. The maximum atomic E-state index is 4.00. The molecule has 126 valence electrons. The zero-order valence-electron chi connectivity index (χ0n) is 13.8. The van der Waals surface area contributed by atoms with Crippen LogP contribution in [0.2, 0.25) is 0 Å². The van der Waals surface area contributed by atoms with E-state index < -0.39 is 0 Å². The Labute approximate surface area is 164 Å². The average molecular weight is 476 g/mol. The van der Waals surface area contributed by atoms with E-state index in [9.17, 15) is 0 Å². The van der Waals surface area contributed by atoms with Gasteiger partial charge in [0.2, 0.25) is 0 Å². The quantitative estimate of drug-likeness (QED) is 0.426. The molecule has 0 bridgehead atoms. The Bertz CT molecular complexity index is 697. The fourth-order valence-corrected chi connectivity index (χ4v) is 8.37. The van der Waals surface area contributed by atoms with E-state index in [1.807, 2.05) is 11.3 Å². The Morgan fingerprint density at radius 1 is 1.30 bits per heavy atom. The molecule has 0 saturated heterocycles. The summed E-state index contributed by atoms with van der Waals surface area (Å²) < 4.78 is 1.49. The number of thiophene rings is 1. The summed E-state index contributed by atoms with van der Waals surface area (Å²) in [6.07, 6.45) is 11.2. The van der Waals surface area contributed by atoms with Crippen LogP contribution >= 0.6 is 55.0 Å². The predicted molar refractivity (Wildman–Crippen MR) is 114 cm³/mol. The Balaban J connectivity index is 1.64. The highest BCUT2D eigenvalue weighted by Gasteiger charge is 2.31. The lowest BCUT2D eigenvalue weighted by molar-refractivity contribution is 0.229. The maximum Gasteiger partial charge on any atom is 0.0484 e. The summed E-state index contributed by atoms with van der Waals surface area (Å²) in [4.78, 5) is 2.13. The smallest absolute Gasteiger partial charge is 0.0484 e. The molecule has 23 heavy (non-hydrogen) atoms. The van der Waals surface area contributed by atoms with E-state index >= 15 is 0 Å². The first-order chi connectivity index (χ1) is 11.1. The minimum absolute atomic E-state index is 0.490. The molecule has 0 radical (unpaired) electrons. The highest BCUT2D eigenvalue weighted by Crippen LogP contribution is 2.45. The van der Waals surface area contributed by atoms with Gasteiger partial charge < -0.3 is 0 Å². The van der Waals surface area contributed by atoms with Gasteiger partial charge in [0.15, 0.2) is 0 Å². The molecule has 2 atom stereocenters. The molecule has 0 aromatic carbocycles. The molecule has 1 aromatic rings. The van der Waals surface area contributed by atoms with Crippen LogP contribution in [-0.2, 0) is 0 Å². The summed E-state index contributed by atoms with van der Waals surface area (Å²) in [5.74, 6) is 0. The molecular formula is C19H24Br2S2. The van der Waals surface area contributed by atoms with E-state index in [1.165, 1.54) is 52.3 Å². The summed E-state index contributed by atoms with van der Waals surface area (Å²) in [6.45, 7) is 4.71. The molecule has 1 aromatic heterocycles. The van der Waals surface area contributed by atoms with E-state index in [2.05, 4.69) is 81.1 Å². The van der Waals surface area contributed by atoms with Crippen LogP contribution in [0.25, 0.3) is 11.0 Å². The van der Waals surface area contributed by atoms with Crippen molar-refractivity contribution in [2.24, 2.45) is 5.41 Å². The SMILES string of the molecule is CCC(CC)(CCBr)CC(Br)CC1C=C2C=c3ccsc3=C2S1. The van der Waals surface area contributed by atoms with Crippen LogP contribution in [0.5, 0.6) is 0 Å². The van der Waals surface area contributed by atoms with Gasteiger partial charge in [-0.25, -0.2) is 0 Å². The topological polar surface area (TPSA) is 0 Å². The van der Waals surface area contributed by atoms with Crippen LogP contribution in [0.3, 0.4) is 0 Å². The molecule has 0 spiro atoms. The van der Waals surface area contributed by atoms with Crippen molar-refractivity contribution in [2.75, 3.05) is 5.33 Å². The van der Waals surface area contributed by atoms with Crippen LogP contribution in [0.4, 0.5) is 0 Å². The first-order valence-corrected chi connectivity index (χ1v) is 12.3. The molecule has 0 amide bonds. The van der Waals surface area contributed by atoms with Crippen molar-refractivity contribution in [3.63, 3.8) is 0 Å². The molecule has 0 saturated carbocycles. The summed E-state index contributed by atoms with van der Waals surface area (Å²) in [5, 5.41) is 5.38. The van der Waals surface area contributed by atoms with Gasteiger partial charge >= 0.3 is 0 Å². The first-order valence-electron chi connectivity index (χ1n) is 8.49. The average Bonchev–Trinajstić information content (AvgIpc) is 3.18. The first kappa shape index (κ1) is 18.3. The fraction of sp³-hybridized carbons (Fsp3) is 0.579. The molecule has 4 heteroatoms. The van der Waals surface area contributed by atoms with Gasteiger partial charge in [0.05, 0.1) is 0 Å². The van der Waals surface area contributed by atoms with Crippen LogP contribution in [0.1, 0.15) is 46.0 Å². The van der Waals surface area contributed by atoms with Crippen LogP contribution in [-0.4, -0.2) is 15.4 Å². The third-order valence-electron chi connectivity index (χ3n) is 5.38. The minimum Gasteiger partial charge on any atom is -0.143 e. The summed E-state index contributed by atoms with van der Waals surface area (Å²) in [7, 11) is 0. The lowest BCUT2D eigenvalue weighted by Gasteiger charge is -2.34. The van der Waals surface area contributed by atoms with Gasteiger partial charge in [-0.05, 0) is 53.0 Å². The number of thioether (sulfide) groups is 1. The van der Waals surface area contributed by atoms with Gasteiger partial charge in [-0.15, -0.1) is 23.1 Å². The van der Waals surface area contributed by atoms with E-state index in [0.717, 1.165) is 5.33 Å². The monoisotopic (exact) mass is 474 g/mol. The second kappa shape index (κ2) is 7.80. The third-order valence-corrected chi connectivity index (χ3v) is 8.85.